The maximum atomic E-state index is 12.5. The minimum absolute atomic E-state index is 0.0440. The zero-order valence-electron chi connectivity index (χ0n) is 18.8. The van der Waals surface area contributed by atoms with Crippen molar-refractivity contribution in [3.8, 4) is 17.2 Å². The van der Waals surface area contributed by atoms with Gasteiger partial charge in [-0.05, 0) is 43.7 Å². The van der Waals surface area contributed by atoms with Crippen LogP contribution in [-0.4, -0.2) is 71.9 Å². The molecule has 5 rings (SSSR count). The Morgan fingerprint density at radius 2 is 1.79 bits per heavy atom. The number of para-hydroxylation sites is 1. The standard InChI is InChI=1S/C23H28N4O6S/c28-22-15-31-23-18(25-22)4-3-5-19(23)27-12-10-26(11-13-27)9-2-1-8-24-34(29,30)17-6-7-20-21(14-17)33-16-32-20/h3-7,14,24H,1-2,8-13,15-16H2,(H,25,28). The van der Waals surface area contributed by atoms with Gasteiger partial charge in [0.1, 0.15) is 0 Å². The summed E-state index contributed by atoms with van der Waals surface area (Å²) in [6, 6.07) is 10.4. The summed E-state index contributed by atoms with van der Waals surface area (Å²) >= 11 is 0. The van der Waals surface area contributed by atoms with Crippen molar-refractivity contribution in [3.63, 3.8) is 0 Å². The van der Waals surface area contributed by atoms with Crippen LogP contribution in [0.4, 0.5) is 11.4 Å². The smallest absolute Gasteiger partial charge is 0.262 e. The van der Waals surface area contributed by atoms with Crippen molar-refractivity contribution in [2.24, 2.45) is 0 Å². The average molecular weight is 489 g/mol. The van der Waals surface area contributed by atoms with E-state index in [1.165, 1.54) is 12.1 Å². The quantitative estimate of drug-likeness (QED) is 0.540. The van der Waals surface area contributed by atoms with Crippen LogP contribution in [-0.2, 0) is 14.8 Å². The molecule has 0 aliphatic carbocycles. The first-order chi connectivity index (χ1) is 16.5. The van der Waals surface area contributed by atoms with E-state index in [9.17, 15) is 13.2 Å². The topological polar surface area (TPSA) is 109 Å². The lowest BCUT2D eigenvalue weighted by Gasteiger charge is -2.37. The van der Waals surface area contributed by atoms with E-state index in [2.05, 4.69) is 19.8 Å². The van der Waals surface area contributed by atoms with E-state index < -0.39 is 10.0 Å². The van der Waals surface area contributed by atoms with Gasteiger partial charge >= 0.3 is 0 Å². The van der Waals surface area contributed by atoms with E-state index in [0.717, 1.165) is 62.7 Å². The Kier molecular flexibility index (Phi) is 6.48. The summed E-state index contributed by atoms with van der Waals surface area (Å²) in [7, 11) is -3.58. The fourth-order valence-electron chi connectivity index (χ4n) is 4.35. The number of carbonyl (C=O) groups excluding carboxylic acids is 1. The summed E-state index contributed by atoms with van der Waals surface area (Å²) < 4.78 is 43.9. The third kappa shape index (κ3) is 4.91. The highest BCUT2D eigenvalue weighted by Crippen LogP contribution is 2.38. The Morgan fingerprint density at radius 1 is 0.971 bits per heavy atom. The third-order valence-corrected chi connectivity index (χ3v) is 7.64. The highest BCUT2D eigenvalue weighted by atomic mass is 32.2. The number of piperazine rings is 1. The summed E-state index contributed by atoms with van der Waals surface area (Å²) in [6.07, 6.45) is 1.66. The second-order valence-electron chi connectivity index (χ2n) is 8.44. The van der Waals surface area contributed by atoms with Gasteiger partial charge in [-0.1, -0.05) is 6.07 Å². The van der Waals surface area contributed by atoms with Crippen LogP contribution in [0.25, 0.3) is 0 Å². The summed E-state index contributed by atoms with van der Waals surface area (Å²) in [5.41, 5.74) is 1.73. The van der Waals surface area contributed by atoms with Crippen molar-refractivity contribution in [1.82, 2.24) is 9.62 Å². The molecule has 11 heteroatoms. The Labute approximate surface area is 198 Å². The Balaban J connectivity index is 1.05. The van der Waals surface area contributed by atoms with Gasteiger partial charge in [-0.25, -0.2) is 13.1 Å². The van der Waals surface area contributed by atoms with E-state index >= 15 is 0 Å². The fourth-order valence-corrected chi connectivity index (χ4v) is 5.44. The summed E-state index contributed by atoms with van der Waals surface area (Å²) in [5, 5.41) is 2.86. The number of anilines is 2. The second kappa shape index (κ2) is 9.69. The van der Waals surface area contributed by atoms with Gasteiger partial charge in [0.05, 0.1) is 16.3 Å². The molecule has 1 amide bonds. The lowest BCUT2D eigenvalue weighted by atomic mass is 10.2. The Hall–Kier alpha value is -3.02. The maximum absolute atomic E-state index is 12.5. The molecule has 0 radical (unpaired) electrons. The van der Waals surface area contributed by atoms with Crippen molar-refractivity contribution in [3.05, 3.63) is 36.4 Å². The zero-order valence-corrected chi connectivity index (χ0v) is 19.6. The van der Waals surface area contributed by atoms with Crippen LogP contribution >= 0.6 is 0 Å². The van der Waals surface area contributed by atoms with Crippen molar-refractivity contribution < 1.29 is 27.4 Å². The van der Waals surface area contributed by atoms with Crippen molar-refractivity contribution in [1.29, 1.82) is 0 Å². The molecule has 0 bridgehead atoms. The second-order valence-corrected chi connectivity index (χ2v) is 10.2. The number of benzene rings is 2. The number of amides is 1. The van der Waals surface area contributed by atoms with E-state index in [1.807, 2.05) is 18.2 Å². The summed E-state index contributed by atoms with van der Waals surface area (Å²) in [6.45, 7) is 5.02. The number of ether oxygens (including phenoxy) is 3. The molecule has 0 aromatic heterocycles. The highest BCUT2D eigenvalue weighted by Gasteiger charge is 2.25. The highest BCUT2D eigenvalue weighted by molar-refractivity contribution is 7.89. The molecule has 0 atom stereocenters. The first-order valence-electron chi connectivity index (χ1n) is 11.4. The van der Waals surface area contributed by atoms with Crippen LogP contribution in [0.1, 0.15) is 12.8 Å². The van der Waals surface area contributed by atoms with Crippen molar-refractivity contribution >= 4 is 27.3 Å². The molecule has 10 nitrogen and oxygen atoms in total. The SMILES string of the molecule is O=C1COc2c(cccc2N2CCN(CCCCNS(=O)(=O)c3ccc4c(c3)OCO4)CC2)N1. The number of sulfonamides is 1. The fraction of sp³-hybridized carbons (Fsp3) is 0.435. The van der Waals surface area contributed by atoms with Gasteiger partial charge in [-0.2, -0.15) is 0 Å². The van der Waals surface area contributed by atoms with E-state index in [-0.39, 0.29) is 24.2 Å². The minimum atomic E-state index is -3.58. The minimum Gasteiger partial charge on any atom is -0.479 e. The monoisotopic (exact) mass is 488 g/mol. The van der Waals surface area contributed by atoms with Crippen LogP contribution in [0, 0.1) is 0 Å². The zero-order chi connectivity index (χ0) is 23.5. The molecule has 1 saturated heterocycles. The molecule has 2 aromatic rings. The number of fused-ring (bicyclic) bond motifs is 2. The third-order valence-electron chi connectivity index (χ3n) is 6.18. The molecular weight excluding hydrogens is 460 g/mol. The van der Waals surface area contributed by atoms with Crippen LogP contribution in [0.5, 0.6) is 17.2 Å². The molecule has 3 heterocycles. The lowest BCUT2D eigenvalue weighted by Crippen LogP contribution is -2.47. The molecule has 1 fully saturated rings. The molecule has 3 aliphatic heterocycles. The predicted octanol–water partition coefficient (Wildman–Crippen LogP) is 1.63. The molecule has 182 valence electrons. The summed E-state index contributed by atoms with van der Waals surface area (Å²) in [4.78, 5) is 16.4. The van der Waals surface area contributed by atoms with Gasteiger partial charge in [0.25, 0.3) is 5.91 Å². The van der Waals surface area contributed by atoms with Gasteiger partial charge in [-0.3, -0.25) is 9.69 Å². The number of hydrogen-bond acceptors (Lipinski definition) is 8. The predicted molar refractivity (Wildman–Crippen MR) is 126 cm³/mol. The molecule has 2 aromatic carbocycles. The molecule has 0 unspecified atom stereocenters. The van der Waals surface area contributed by atoms with Crippen LogP contribution in [0.3, 0.4) is 0 Å². The van der Waals surface area contributed by atoms with Crippen LogP contribution in [0.2, 0.25) is 0 Å². The Bertz CT molecular complexity index is 1160. The van der Waals surface area contributed by atoms with E-state index in [4.69, 9.17) is 14.2 Å². The first-order valence-corrected chi connectivity index (χ1v) is 12.9. The Morgan fingerprint density at radius 3 is 2.65 bits per heavy atom. The number of nitrogens with zero attached hydrogens (tertiary/aromatic N) is 2. The lowest BCUT2D eigenvalue weighted by molar-refractivity contribution is -0.118. The first kappa shape index (κ1) is 22.8. The number of unbranched alkanes of at least 4 members (excludes halogenated alkanes) is 1. The van der Waals surface area contributed by atoms with Gasteiger partial charge < -0.3 is 24.4 Å². The van der Waals surface area contributed by atoms with Gasteiger partial charge in [0.2, 0.25) is 16.8 Å². The van der Waals surface area contributed by atoms with Crippen molar-refractivity contribution in [2.45, 2.75) is 17.7 Å². The largest absolute Gasteiger partial charge is 0.479 e. The number of carbonyl (C=O) groups is 1. The molecule has 2 N–H and O–H groups in total. The summed E-state index contributed by atoms with van der Waals surface area (Å²) in [5.74, 6) is 1.62. The molecule has 0 saturated carbocycles. The number of nitrogens with one attached hydrogen (secondary N) is 2. The van der Waals surface area contributed by atoms with Gasteiger partial charge in [0.15, 0.2) is 23.9 Å². The molecule has 0 spiro atoms. The number of rotatable bonds is 8. The number of hydrogen-bond donors (Lipinski definition) is 2. The normalized spacial score (nSPS) is 17.8. The van der Waals surface area contributed by atoms with Crippen molar-refractivity contribution in [2.75, 3.05) is 62.9 Å². The average Bonchev–Trinajstić information content (AvgIpc) is 3.32. The van der Waals surface area contributed by atoms with Gasteiger partial charge in [-0.15, -0.1) is 0 Å². The van der Waals surface area contributed by atoms with E-state index in [0.29, 0.717) is 18.0 Å². The maximum Gasteiger partial charge on any atom is 0.262 e. The molecule has 34 heavy (non-hydrogen) atoms. The van der Waals surface area contributed by atoms with Crippen LogP contribution in [0.15, 0.2) is 41.3 Å². The molecule has 3 aliphatic rings. The van der Waals surface area contributed by atoms with Gasteiger partial charge in [0, 0.05) is 38.8 Å². The van der Waals surface area contributed by atoms with Crippen LogP contribution < -0.4 is 29.1 Å². The van der Waals surface area contributed by atoms with E-state index in [1.54, 1.807) is 6.07 Å². The molecular formula is C23H28N4O6S.